The maximum absolute atomic E-state index is 13.7. The second-order valence-electron chi connectivity index (χ2n) is 10.9. The molecule has 1 fully saturated rings. The highest BCUT2D eigenvalue weighted by Gasteiger charge is 2.49. The summed E-state index contributed by atoms with van der Waals surface area (Å²) in [5.74, 6) is -2.44. The number of hydrogen-bond acceptors (Lipinski definition) is 10. The van der Waals surface area contributed by atoms with E-state index in [0.717, 1.165) is 0 Å². The van der Waals surface area contributed by atoms with Crippen molar-refractivity contribution in [1.29, 1.82) is 0 Å². The summed E-state index contributed by atoms with van der Waals surface area (Å²) >= 11 is 0. The zero-order valence-corrected chi connectivity index (χ0v) is 21.5. The molecule has 0 aliphatic heterocycles. The normalized spacial score (nSPS) is 31.3. The van der Waals surface area contributed by atoms with E-state index in [1.807, 2.05) is 6.92 Å². The van der Waals surface area contributed by atoms with Gasteiger partial charge < -0.3 is 40.7 Å². The lowest BCUT2D eigenvalue weighted by atomic mass is 9.71. The number of rotatable bonds is 4. The van der Waals surface area contributed by atoms with Crippen molar-refractivity contribution in [3.05, 3.63) is 51.6 Å². The van der Waals surface area contributed by atoms with Crippen molar-refractivity contribution in [2.75, 3.05) is 7.11 Å². The summed E-state index contributed by atoms with van der Waals surface area (Å²) in [6, 6.07) is 3.97. The predicted molar refractivity (Wildman–Crippen MR) is 135 cm³/mol. The predicted octanol–water partition coefficient (Wildman–Crippen LogP) is 1.48. The van der Waals surface area contributed by atoms with Crippen molar-refractivity contribution in [3.63, 3.8) is 0 Å². The molecule has 10 nitrogen and oxygen atoms in total. The molecule has 0 bridgehead atoms. The zero-order valence-electron chi connectivity index (χ0n) is 21.5. The average molecular weight is 528 g/mol. The number of fused-ring (bicyclic) bond motifs is 3. The van der Waals surface area contributed by atoms with Gasteiger partial charge in [-0.05, 0) is 31.7 Å². The van der Waals surface area contributed by atoms with Crippen molar-refractivity contribution in [2.24, 2.45) is 11.7 Å². The van der Waals surface area contributed by atoms with Gasteiger partial charge in [-0.25, -0.2) is 0 Å². The third-order valence-corrected chi connectivity index (χ3v) is 8.43. The molecule has 10 heteroatoms. The van der Waals surface area contributed by atoms with Crippen LogP contribution >= 0.6 is 0 Å². The third kappa shape index (κ3) is 3.90. The Balaban J connectivity index is 1.68. The van der Waals surface area contributed by atoms with Crippen molar-refractivity contribution in [1.82, 2.24) is 0 Å². The van der Waals surface area contributed by atoms with E-state index < -0.39 is 59.1 Å². The number of carbonyl (C=O) groups is 2. The van der Waals surface area contributed by atoms with Crippen molar-refractivity contribution in [2.45, 2.75) is 75.6 Å². The molecule has 0 saturated heterocycles. The minimum Gasteiger partial charge on any atom is -0.507 e. The van der Waals surface area contributed by atoms with Crippen molar-refractivity contribution in [3.8, 4) is 17.2 Å². The number of aliphatic hydroxyl groups excluding tert-OH is 2. The molecule has 2 aromatic carbocycles. The standard InChI is InChI=1S/C28H33NO9/c1-11-7-13(8-16(29)23(11)31)38-18-10-28(36,12(2)30)9-15-20(18)27(35)22-21(25(15)33)24(32)14-5-4-6-17(37-3)19(14)26(22)34/h4-6,11-13,16,18,23,30-31,33,35-36H,7-10,29H2,1-3H3/t11?,12?,13?,16?,18?,23?,28-/m0/s1. The Morgan fingerprint density at radius 3 is 2.39 bits per heavy atom. The highest BCUT2D eigenvalue weighted by Crippen LogP contribution is 2.53. The average Bonchev–Trinajstić information content (AvgIpc) is 2.87. The molecule has 6 unspecified atom stereocenters. The van der Waals surface area contributed by atoms with E-state index in [2.05, 4.69) is 0 Å². The molecule has 7 atom stereocenters. The lowest BCUT2D eigenvalue weighted by molar-refractivity contribution is -0.137. The Morgan fingerprint density at radius 1 is 1.08 bits per heavy atom. The Labute approximate surface area is 219 Å². The number of aliphatic hydroxyl groups is 3. The minimum atomic E-state index is -1.75. The molecule has 5 rings (SSSR count). The zero-order chi connectivity index (χ0) is 27.7. The number of phenolic OH excluding ortho intramolecular Hbond substituents is 2. The SMILES string of the molecule is COc1cccc2c1C(=O)c1c(O)c3c(c(O)c1C2=O)C[C@@](O)(C(C)O)CC3OC1CC(C)C(O)C(N)C1. The van der Waals surface area contributed by atoms with Gasteiger partial charge >= 0.3 is 0 Å². The van der Waals surface area contributed by atoms with Gasteiger partial charge in [-0.15, -0.1) is 0 Å². The van der Waals surface area contributed by atoms with Crippen molar-refractivity contribution < 1.29 is 44.6 Å². The fraction of sp³-hybridized carbons (Fsp3) is 0.500. The monoisotopic (exact) mass is 527 g/mol. The first-order chi connectivity index (χ1) is 17.9. The lowest BCUT2D eigenvalue weighted by Crippen LogP contribution is -2.50. The number of ether oxygens (including phenoxy) is 2. The Kier molecular flexibility index (Phi) is 6.52. The van der Waals surface area contributed by atoms with Crippen LogP contribution in [0.3, 0.4) is 0 Å². The van der Waals surface area contributed by atoms with Crippen LogP contribution in [-0.4, -0.2) is 74.2 Å². The molecule has 2 aromatic rings. The number of phenols is 2. The molecule has 0 amide bonds. The summed E-state index contributed by atoms with van der Waals surface area (Å²) in [6.45, 7) is 3.25. The van der Waals surface area contributed by atoms with Gasteiger partial charge in [0.1, 0.15) is 17.2 Å². The van der Waals surface area contributed by atoms with E-state index in [9.17, 15) is 35.1 Å². The van der Waals surface area contributed by atoms with E-state index in [-0.39, 0.29) is 57.9 Å². The van der Waals surface area contributed by atoms with Gasteiger partial charge in [-0.2, -0.15) is 0 Å². The van der Waals surface area contributed by atoms with E-state index in [1.165, 1.54) is 26.2 Å². The number of ketones is 2. The summed E-state index contributed by atoms with van der Waals surface area (Å²) in [7, 11) is 1.36. The number of methoxy groups -OCH3 is 1. The number of carbonyl (C=O) groups excluding carboxylic acids is 2. The summed E-state index contributed by atoms with van der Waals surface area (Å²) < 4.78 is 11.6. The third-order valence-electron chi connectivity index (χ3n) is 8.43. The minimum absolute atomic E-state index is 0.0167. The largest absolute Gasteiger partial charge is 0.507 e. The number of benzene rings is 2. The Bertz CT molecular complexity index is 1310. The fourth-order valence-corrected chi connectivity index (χ4v) is 6.24. The first kappa shape index (κ1) is 26.6. The fourth-order valence-electron chi connectivity index (χ4n) is 6.24. The summed E-state index contributed by atoms with van der Waals surface area (Å²) in [6.07, 6.45) is -3.11. The van der Waals surface area contributed by atoms with Gasteiger partial charge in [0.05, 0.1) is 53.8 Å². The molecular formula is C28H33NO9. The maximum atomic E-state index is 13.7. The van der Waals surface area contributed by atoms with Crippen molar-refractivity contribution >= 4 is 11.6 Å². The van der Waals surface area contributed by atoms with Gasteiger partial charge in [0.2, 0.25) is 5.78 Å². The summed E-state index contributed by atoms with van der Waals surface area (Å²) in [5.41, 5.74) is 3.75. The first-order valence-corrected chi connectivity index (χ1v) is 12.8. The molecule has 3 aliphatic rings. The molecule has 0 aromatic heterocycles. The second kappa shape index (κ2) is 9.32. The van der Waals surface area contributed by atoms with Crippen LogP contribution in [0.15, 0.2) is 18.2 Å². The van der Waals surface area contributed by atoms with Gasteiger partial charge in [0.15, 0.2) is 5.78 Å². The highest BCUT2D eigenvalue weighted by molar-refractivity contribution is 6.31. The lowest BCUT2D eigenvalue weighted by Gasteiger charge is -2.44. The molecule has 0 radical (unpaired) electrons. The molecule has 38 heavy (non-hydrogen) atoms. The van der Waals surface area contributed by atoms with Crippen LogP contribution in [0.1, 0.15) is 82.2 Å². The van der Waals surface area contributed by atoms with Gasteiger partial charge in [-0.3, -0.25) is 9.59 Å². The van der Waals surface area contributed by atoms with Crippen LogP contribution < -0.4 is 10.5 Å². The molecular weight excluding hydrogens is 494 g/mol. The molecule has 0 spiro atoms. The number of aromatic hydroxyl groups is 2. The quantitative estimate of drug-likeness (QED) is 0.272. The molecule has 0 heterocycles. The summed E-state index contributed by atoms with van der Waals surface area (Å²) in [5, 5.41) is 55.0. The topological polar surface area (TPSA) is 180 Å². The smallest absolute Gasteiger partial charge is 0.202 e. The van der Waals surface area contributed by atoms with Crippen LogP contribution in [0.25, 0.3) is 0 Å². The molecule has 1 saturated carbocycles. The van der Waals surface area contributed by atoms with Crippen LogP contribution in [-0.2, 0) is 11.2 Å². The maximum Gasteiger partial charge on any atom is 0.202 e. The number of hydrogen-bond donors (Lipinski definition) is 6. The van der Waals surface area contributed by atoms with Gasteiger partial charge in [0, 0.05) is 35.6 Å². The van der Waals surface area contributed by atoms with E-state index in [4.69, 9.17) is 15.2 Å². The molecule has 204 valence electrons. The Hall–Kier alpha value is -3.02. The van der Waals surface area contributed by atoms with E-state index >= 15 is 0 Å². The van der Waals surface area contributed by atoms with Crippen LogP contribution in [0.2, 0.25) is 0 Å². The highest BCUT2D eigenvalue weighted by atomic mass is 16.5. The van der Waals surface area contributed by atoms with Crippen LogP contribution in [0, 0.1) is 5.92 Å². The molecule has 3 aliphatic carbocycles. The van der Waals surface area contributed by atoms with Crippen LogP contribution in [0.5, 0.6) is 17.2 Å². The molecule has 7 N–H and O–H groups in total. The number of nitrogens with two attached hydrogens (primary N) is 1. The van der Waals surface area contributed by atoms with Crippen LogP contribution in [0.4, 0.5) is 0 Å². The van der Waals surface area contributed by atoms with E-state index in [0.29, 0.717) is 12.8 Å². The first-order valence-electron chi connectivity index (χ1n) is 12.8. The van der Waals surface area contributed by atoms with Gasteiger partial charge in [-0.1, -0.05) is 19.1 Å². The summed E-state index contributed by atoms with van der Waals surface area (Å²) in [4.78, 5) is 27.2. The Morgan fingerprint density at radius 2 is 1.76 bits per heavy atom. The second-order valence-corrected chi connectivity index (χ2v) is 10.9. The van der Waals surface area contributed by atoms with Gasteiger partial charge in [0.25, 0.3) is 0 Å². The van der Waals surface area contributed by atoms with E-state index in [1.54, 1.807) is 6.07 Å².